The third-order valence-corrected chi connectivity index (χ3v) is 7.48. The number of nitrogens with zero attached hydrogens (tertiary/aromatic N) is 4. The van der Waals surface area contributed by atoms with Gasteiger partial charge in [0, 0.05) is 60.2 Å². The van der Waals surface area contributed by atoms with Crippen molar-refractivity contribution in [1.29, 1.82) is 0 Å². The van der Waals surface area contributed by atoms with Crippen LogP contribution in [0.3, 0.4) is 0 Å². The molecule has 3 aromatic heterocycles. The summed E-state index contributed by atoms with van der Waals surface area (Å²) in [5.41, 5.74) is 3.87. The van der Waals surface area contributed by atoms with E-state index in [-0.39, 0.29) is 6.61 Å². The largest absolute Gasteiger partial charge is 0.489 e. The molecule has 7 nitrogen and oxygen atoms in total. The van der Waals surface area contributed by atoms with Crippen LogP contribution in [0.4, 0.5) is 5.82 Å². The molecular formula is C25H24Cl2N6O. The van der Waals surface area contributed by atoms with Gasteiger partial charge in [-0.2, -0.15) is 5.10 Å². The van der Waals surface area contributed by atoms with Crippen molar-refractivity contribution in [3.63, 3.8) is 0 Å². The Morgan fingerprint density at radius 2 is 1.91 bits per heavy atom. The van der Waals surface area contributed by atoms with E-state index in [1.165, 1.54) is 12.8 Å². The molecule has 0 saturated carbocycles. The van der Waals surface area contributed by atoms with Gasteiger partial charge in [0.15, 0.2) is 0 Å². The van der Waals surface area contributed by atoms with Gasteiger partial charge in [-0.3, -0.25) is 10.1 Å². The smallest absolute Gasteiger partial charge is 0.128 e. The zero-order valence-electron chi connectivity index (χ0n) is 18.5. The van der Waals surface area contributed by atoms with E-state index in [0.29, 0.717) is 26.8 Å². The van der Waals surface area contributed by atoms with E-state index in [1.807, 2.05) is 24.4 Å². The predicted molar refractivity (Wildman–Crippen MR) is 135 cm³/mol. The van der Waals surface area contributed by atoms with Crippen molar-refractivity contribution in [2.24, 2.45) is 5.41 Å². The zero-order valence-corrected chi connectivity index (χ0v) is 20.0. The van der Waals surface area contributed by atoms with E-state index < -0.39 is 0 Å². The number of piperidine rings is 1. The number of pyridine rings is 2. The minimum atomic E-state index is 0.252. The minimum Gasteiger partial charge on any atom is -0.489 e. The lowest BCUT2D eigenvalue weighted by Crippen LogP contribution is -2.62. The Hall–Kier alpha value is -2.87. The van der Waals surface area contributed by atoms with Crippen molar-refractivity contribution < 1.29 is 4.74 Å². The quantitative estimate of drug-likeness (QED) is 0.402. The normalized spacial score (nSPS) is 17.2. The molecule has 34 heavy (non-hydrogen) atoms. The van der Waals surface area contributed by atoms with Gasteiger partial charge in [0.05, 0.1) is 15.6 Å². The molecule has 2 aliphatic rings. The maximum Gasteiger partial charge on any atom is 0.128 e. The van der Waals surface area contributed by atoms with Crippen molar-refractivity contribution in [3.05, 3.63) is 64.5 Å². The minimum absolute atomic E-state index is 0.252. The fourth-order valence-electron chi connectivity index (χ4n) is 4.97. The molecule has 2 aliphatic heterocycles. The molecular weight excluding hydrogens is 471 g/mol. The van der Waals surface area contributed by atoms with Crippen LogP contribution in [-0.4, -0.2) is 46.3 Å². The van der Waals surface area contributed by atoms with E-state index in [1.54, 1.807) is 12.4 Å². The van der Waals surface area contributed by atoms with Crippen molar-refractivity contribution in [1.82, 2.24) is 25.5 Å². The Kier molecular flexibility index (Phi) is 5.56. The summed E-state index contributed by atoms with van der Waals surface area (Å²) < 4.78 is 5.98. The lowest BCUT2D eigenvalue weighted by atomic mass is 9.74. The number of hydrogen-bond donors (Lipinski definition) is 2. The predicted octanol–water partition coefficient (Wildman–Crippen LogP) is 5.10. The molecule has 2 N–H and O–H groups in total. The summed E-state index contributed by atoms with van der Waals surface area (Å²) >= 11 is 12.4. The number of anilines is 1. The van der Waals surface area contributed by atoms with Crippen LogP contribution in [0.15, 0.2) is 48.9 Å². The Labute approximate surface area is 207 Å². The Balaban J connectivity index is 1.19. The molecule has 5 heterocycles. The van der Waals surface area contributed by atoms with Crippen molar-refractivity contribution in [2.75, 3.05) is 31.1 Å². The van der Waals surface area contributed by atoms with E-state index in [0.717, 1.165) is 54.2 Å². The van der Waals surface area contributed by atoms with E-state index >= 15 is 0 Å². The number of ether oxygens (including phenoxy) is 1. The van der Waals surface area contributed by atoms with Gasteiger partial charge < -0.3 is 15.0 Å². The average molecular weight is 495 g/mol. The van der Waals surface area contributed by atoms with Gasteiger partial charge in [-0.15, -0.1) is 0 Å². The Morgan fingerprint density at radius 1 is 1.06 bits per heavy atom. The highest BCUT2D eigenvalue weighted by molar-refractivity contribution is 6.35. The highest BCUT2D eigenvalue weighted by Crippen LogP contribution is 2.39. The number of fused-ring (bicyclic) bond motifs is 1. The molecule has 0 atom stereocenters. The summed E-state index contributed by atoms with van der Waals surface area (Å²) in [6.45, 7) is 4.66. The first kappa shape index (κ1) is 21.6. The number of H-pyrrole nitrogens is 1. The number of hydrogen-bond acceptors (Lipinski definition) is 6. The molecule has 2 fully saturated rings. The van der Waals surface area contributed by atoms with Crippen LogP contribution in [0.2, 0.25) is 10.0 Å². The monoisotopic (exact) mass is 494 g/mol. The second-order valence-corrected chi connectivity index (χ2v) is 10.0. The van der Waals surface area contributed by atoms with Crippen molar-refractivity contribution in [2.45, 2.75) is 19.4 Å². The van der Waals surface area contributed by atoms with Gasteiger partial charge in [-0.1, -0.05) is 23.2 Å². The van der Waals surface area contributed by atoms with Gasteiger partial charge in [-0.25, -0.2) is 4.98 Å². The SMILES string of the molecule is Clc1cncc(Cl)c1COc1ccc2[nH]nc(-c3ccc(N4CC5(CCCNC5)C4)nc3)c2c1. The van der Waals surface area contributed by atoms with Gasteiger partial charge in [0.2, 0.25) is 0 Å². The van der Waals surface area contributed by atoms with Crippen LogP contribution in [0.25, 0.3) is 22.2 Å². The van der Waals surface area contributed by atoms with Gasteiger partial charge in [0.25, 0.3) is 0 Å². The second kappa shape index (κ2) is 8.73. The standard InChI is InChI=1S/C25H24Cl2N6O/c26-20-10-29-11-21(27)19(20)12-34-17-3-4-22-18(8-17)24(32-31-22)16-2-5-23(30-9-16)33-14-25(15-33)6-1-7-28-13-25/h2-5,8-11,28H,1,6-7,12-15H2,(H,31,32). The summed E-state index contributed by atoms with van der Waals surface area (Å²) in [7, 11) is 0. The molecule has 174 valence electrons. The number of rotatable bonds is 5. The van der Waals surface area contributed by atoms with Crippen molar-refractivity contribution in [3.8, 4) is 17.0 Å². The summed E-state index contributed by atoms with van der Waals surface area (Å²) in [5, 5.41) is 13.1. The Morgan fingerprint density at radius 3 is 2.65 bits per heavy atom. The fraction of sp³-hybridized carbons (Fsp3) is 0.320. The summed E-state index contributed by atoms with van der Waals surface area (Å²) in [6.07, 6.45) is 7.59. The number of benzene rings is 1. The average Bonchev–Trinajstić information content (AvgIpc) is 3.26. The van der Waals surface area contributed by atoms with E-state index in [9.17, 15) is 0 Å². The second-order valence-electron chi connectivity index (χ2n) is 9.19. The molecule has 0 amide bonds. The van der Waals surface area contributed by atoms with Gasteiger partial charge >= 0.3 is 0 Å². The number of nitrogens with one attached hydrogen (secondary N) is 2. The first-order valence-corrected chi connectivity index (χ1v) is 12.2. The Bertz CT molecular complexity index is 1310. The third kappa shape index (κ3) is 3.98. The van der Waals surface area contributed by atoms with Crippen molar-refractivity contribution >= 4 is 39.9 Å². The zero-order chi connectivity index (χ0) is 23.1. The number of aromatic nitrogens is 4. The van der Waals surface area contributed by atoms with Crippen LogP contribution in [0.5, 0.6) is 5.75 Å². The molecule has 2 saturated heterocycles. The van der Waals surface area contributed by atoms with Gasteiger partial charge in [0.1, 0.15) is 23.9 Å². The van der Waals surface area contributed by atoms with E-state index in [2.05, 4.69) is 37.5 Å². The maximum absolute atomic E-state index is 6.22. The molecule has 6 rings (SSSR count). The lowest BCUT2D eigenvalue weighted by molar-refractivity contribution is 0.156. The molecule has 1 spiro atoms. The molecule has 0 bridgehead atoms. The number of aromatic amines is 1. The highest BCUT2D eigenvalue weighted by atomic mass is 35.5. The third-order valence-electron chi connectivity index (χ3n) is 6.83. The first-order valence-electron chi connectivity index (χ1n) is 11.4. The topological polar surface area (TPSA) is 79.0 Å². The maximum atomic E-state index is 6.22. The first-order chi connectivity index (χ1) is 16.6. The number of halogens is 2. The molecule has 0 radical (unpaired) electrons. The lowest BCUT2D eigenvalue weighted by Gasteiger charge is -2.53. The van der Waals surface area contributed by atoms with Crippen LogP contribution < -0.4 is 15.0 Å². The summed E-state index contributed by atoms with van der Waals surface area (Å²) in [5.74, 6) is 1.73. The summed E-state index contributed by atoms with van der Waals surface area (Å²) in [4.78, 5) is 11.1. The molecule has 9 heteroatoms. The molecule has 1 aromatic carbocycles. The molecule has 0 aliphatic carbocycles. The highest BCUT2D eigenvalue weighted by Gasteiger charge is 2.43. The van der Waals surface area contributed by atoms with Crippen LogP contribution >= 0.6 is 23.2 Å². The fourth-order valence-corrected chi connectivity index (χ4v) is 5.45. The van der Waals surface area contributed by atoms with Gasteiger partial charge in [-0.05, 0) is 49.7 Å². The van der Waals surface area contributed by atoms with Crippen LogP contribution in [-0.2, 0) is 6.61 Å². The molecule has 4 aromatic rings. The van der Waals surface area contributed by atoms with Crippen LogP contribution in [0, 0.1) is 5.41 Å². The summed E-state index contributed by atoms with van der Waals surface area (Å²) in [6, 6.07) is 10.0. The van der Waals surface area contributed by atoms with E-state index in [4.69, 9.17) is 32.9 Å². The molecule has 0 unspecified atom stereocenters. The van der Waals surface area contributed by atoms with Crippen LogP contribution in [0.1, 0.15) is 18.4 Å².